The summed E-state index contributed by atoms with van der Waals surface area (Å²) in [5.41, 5.74) is 1.64. The molecule has 86 valence electrons. The quantitative estimate of drug-likeness (QED) is 0.856. The molecule has 5 heteroatoms. The molecule has 0 amide bonds. The molecule has 5 nitrogen and oxygen atoms in total. The monoisotopic (exact) mass is 221 g/mol. The molecule has 1 N–H and O–H groups in total. The summed E-state index contributed by atoms with van der Waals surface area (Å²) in [5, 5.41) is 10.8. The van der Waals surface area contributed by atoms with Crippen molar-refractivity contribution in [2.24, 2.45) is 0 Å². The summed E-state index contributed by atoms with van der Waals surface area (Å²) in [6.45, 7) is 6.47. The van der Waals surface area contributed by atoms with Crippen LogP contribution in [0.4, 0.5) is 0 Å². The summed E-state index contributed by atoms with van der Waals surface area (Å²) in [4.78, 5) is 0. The van der Waals surface area contributed by atoms with Crippen molar-refractivity contribution in [3.05, 3.63) is 35.0 Å². The van der Waals surface area contributed by atoms with E-state index in [1.54, 1.807) is 0 Å². The highest BCUT2D eigenvalue weighted by atomic mass is 16.6. The molecule has 0 saturated carbocycles. The average Bonchev–Trinajstić information content (AvgIpc) is 2.84. The molecule has 0 aliphatic heterocycles. The van der Waals surface area contributed by atoms with Crippen molar-refractivity contribution in [1.82, 2.24) is 15.6 Å². The highest BCUT2D eigenvalue weighted by Crippen LogP contribution is 2.16. The number of furan rings is 1. The summed E-state index contributed by atoms with van der Waals surface area (Å²) >= 11 is 0. The zero-order chi connectivity index (χ0) is 11.5. The first-order chi connectivity index (χ1) is 7.66. The minimum atomic E-state index is 0.143. The second-order valence-corrected chi connectivity index (χ2v) is 3.85. The fraction of sp³-hybridized carbons (Fsp3) is 0.455. The van der Waals surface area contributed by atoms with Crippen LogP contribution in [0.5, 0.6) is 0 Å². The Morgan fingerprint density at radius 3 is 2.69 bits per heavy atom. The first-order valence-electron chi connectivity index (χ1n) is 5.24. The van der Waals surface area contributed by atoms with E-state index in [1.807, 2.05) is 32.9 Å². The van der Waals surface area contributed by atoms with Gasteiger partial charge in [-0.25, -0.2) is 4.63 Å². The predicted molar refractivity (Wildman–Crippen MR) is 57.7 cm³/mol. The Hall–Kier alpha value is -1.62. The van der Waals surface area contributed by atoms with Gasteiger partial charge in [0.15, 0.2) is 0 Å². The number of nitrogens with zero attached hydrogens (tertiary/aromatic N) is 2. The zero-order valence-electron chi connectivity index (χ0n) is 9.65. The van der Waals surface area contributed by atoms with Gasteiger partial charge in [0.2, 0.25) is 0 Å². The molecular formula is C11H15N3O2. The summed E-state index contributed by atoms with van der Waals surface area (Å²) in [7, 11) is 0. The van der Waals surface area contributed by atoms with Gasteiger partial charge in [0.05, 0.1) is 6.04 Å². The van der Waals surface area contributed by atoms with E-state index >= 15 is 0 Å². The topological polar surface area (TPSA) is 64.1 Å². The van der Waals surface area contributed by atoms with Gasteiger partial charge in [0.25, 0.3) is 0 Å². The lowest BCUT2D eigenvalue weighted by Gasteiger charge is -2.09. The Bertz CT molecular complexity index is 461. The van der Waals surface area contributed by atoms with Crippen LogP contribution in [0.3, 0.4) is 0 Å². The third-order valence-corrected chi connectivity index (χ3v) is 2.51. The highest BCUT2D eigenvalue weighted by molar-refractivity contribution is 5.10. The molecule has 0 spiro atoms. The highest BCUT2D eigenvalue weighted by Gasteiger charge is 2.11. The summed E-state index contributed by atoms with van der Waals surface area (Å²) in [6.07, 6.45) is 0. The number of rotatable bonds is 4. The summed E-state index contributed by atoms with van der Waals surface area (Å²) in [5.74, 6) is 1.84. The number of nitrogens with one attached hydrogen (secondary N) is 1. The molecule has 1 unspecified atom stereocenters. The number of aromatic nitrogens is 2. The van der Waals surface area contributed by atoms with E-state index < -0.39 is 0 Å². The summed E-state index contributed by atoms with van der Waals surface area (Å²) in [6, 6.07) is 4.07. The first-order valence-corrected chi connectivity index (χ1v) is 5.24. The predicted octanol–water partition coefficient (Wildman–Crippen LogP) is 2.13. The Balaban J connectivity index is 1.93. The Labute approximate surface area is 93.8 Å². The van der Waals surface area contributed by atoms with Crippen molar-refractivity contribution in [3.63, 3.8) is 0 Å². The lowest BCUT2D eigenvalue weighted by atomic mass is 10.2. The molecule has 0 radical (unpaired) electrons. The normalized spacial score (nSPS) is 12.9. The molecule has 2 heterocycles. The van der Waals surface area contributed by atoms with Crippen LogP contribution in [0.15, 0.2) is 21.2 Å². The van der Waals surface area contributed by atoms with Crippen LogP contribution in [0, 0.1) is 13.8 Å². The van der Waals surface area contributed by atoms with Crippen LogP contribution >= 0.6 is 0 Å². The molecule has 2 rings (SSSR count). The molecule has 0 fully saturated rings. The van der Waals surface area contributed by atoms with E-state index in [1.165, 1.54) is 0 Å². The molecular weight excluding hydrogens is 206 g/mol. The van der Waals surface area contributed by atoms with Crippen LogP contribution in [0.1, 0.15) is 35.9 Å². The van der Waals surface area contributed by atoms with Crippen molar-refractivity contribution in [2.45, 2.75) is 33.4 Å². The third kappa shape index (κ3) is 2.30. The molecule has 1 atom stereocenters. The van der Waals surface area contributed by atoms with Crippen molar-refractivity contribution in [3.8, 4) is 0 Å². The van der Waals surface area contributed by atoms with Crippen LogP contribution < -0.4 is 5.32 Å². The molecule has 0 aliphatic rings. The van der Waals surface area contributed by atoms with Gasteiger partial charge in [-0.05, 0) is 32.9 Å². The van der Waals surface area contributed by atoms with Crippen molar-refractivity contribution < 1.29 is 9.05 Å². The van der Waals surface area contributed by atoms with E-state index in [2.05, 4.69) is 20.3 Å². The Kier molecular flexibility index (Phi) is 3.05. The molecule has 0 saturated heterocycles. The van der Waals surface area contributed by atoms with E-state index in [4.69, 9.17) is 4.42 Å². The molecule has 2 aromatic rings. The SMILES string of the molecule is Cc1ccc(C(C)NCc2nonc2C)o1. The number of hydrogen-bond acceptors (Lipinski definition) is 5. The van der Waals surface area contributed by atoms with Gasteiger partial charge in [-0.15, -0.1) is 0 Å². The lowest BCUT2D eigenvalue weighted by molar-refractivity contribution is 0.299. The second kappa shape index (κ2) is 4.49. The van der Waals surface area contributed by atoms with Gasteiger partial charge in [-0.3, -0.25) is 0 Å². The average molecular weight is 221 g/mol. The van der Waals surface area contributed by atoms with E-state index in [0.717, 1.165) is 22.9 Å². The zero-order valence-corrected chi connectivity index (χ0v) is 9.65. The van der Waals surface area contributed by atoms with Crippen molar-refractivity contribution in [1.29, 1.82) is 0 Å². The van der Waals surface area contributed by atoms with Crippen LogP contribution in [-0.2, 0) is 6.54 Å². The minimum absolute atomic E-state index is 0.143. The van der Waals surface area contributed by atoms with Gasteiger partial charge in [0.1, 0.15) is 22.9 Å². The third-order valence-electron chi connectivity index (χ3n) is 2.51. The molecule has 2 aromatic heterocycles. The number of aryl methyl sites for hydroxylation is 2. The standard InChI is InChI=1S/C11H15N3O2/c1-7-4-5-11(15-7)9(3)12-6-10-8(2)13-16-14-10/h4-5,9,12H,6H2,1-3H3. The van der Waals surface area contributed by atoms with Crippen LogP contribution in [-0.4, -0.2) is 10.3 Å². The largest absolute Gasteiger partial charge is 0.465 e. The summed E-state index contributed by atoms with van der Waals surface area (Å²) < 4.78 is 10.1. The van der Waals surface area contributed by atoms with Gasteiger partial charge in [0, 0.05) is 6.54 Å². The van der Waals surface area contributed by atoms with Gasteiger partial charge in [-0.1, -0.05) is 10.3 Å². The van der Waals surface area contributed by atoms with Gasteiger partial charge >= 0.3 is 0 Å². The maximum atomic E-state index is 5.52. The first kappa shape index (κ1) is 10.9. The molecule has 16 heavy (non-hydrogen) atoms. The smallest absolute Gasteiger partial charge is 0.121 e. The fourth-order valence-electron chi connectivity index (χ4n) is 1.45. The van der Waals surface area contributed by atoms with Crippen LogP contribution in [0.25, 0.3) is 0 Å². The van der Waals surface area contributed by atoms with E-state index in [-0.39, 0.29) is 6.04 Å². The Morgan fingerprint density at radius 1 is 1.31 bits per heavy atom. The maximum absolute atomic E-state index is 5.52. The maximum Gasteiger partial charge on any atom is 0.121 e. The molecule has 0 bridgehead atoms. The van der Waals surface area contributed by atoms with Crippen molar-refractivity contribution in [2.75, 3.05) is 0 Å². The minimum Gasteiger partial charge on any atom is -0.465 e. The number of hydrogen-bond donors (Lipinski definition) is 1. The van der Waals surface area contributed by atoms with E-state index in [0.29, 0.717) is 6.54 Å². The van der Waals surface area contributed by atoms with Crippen molar-refractivity contribution >= 4 is 0 Å². The molecule has 0 aromatic carbocycles. The van der Waals surface area contributed by atoms with Gasteiger partial charge in [-0.2, -0.15) is 0 Å². The molecule has 0 aliphatic carbocycles. The second-order valence-electron chi connectivity index (χ2n) is 3.85. The fourth-order valence-corrected chi connectivity index (χ4v) is 1.45. The Morgan fingerprint density at radius 2 is 2.12 bits per heavy atom. The lowest BCUT2D eigenvalue weighted by Crippen LogP contribution is -2.18. The van der Waals surface area contributed by atoms with Crippen LogP contribution in [0.2, 0.25) is 0 Å². The van der Waals surface area contributed by atoms with Gasteiger partial charge < -0.3 is 9.73 Å². The van der Waals surface area contributed by atoms with E-state index in [9.17, 15) is 0 Å².